The van der Waals surface area contributed by atoms with Crippen LogP contribution < -0.4 is 16.1 Å². The molecule has 3 N–H and O–H groups in total. The molecule has 0 spiro atoms. The van der Waals surface area contributed by atoms with Crippen LogP contribution in [0.25, 0.3) is 0 Å². The normalized spacial score (nSPS) is 11.5. The Hall–Kier alpha value is -4.25. The van der Waals surface area contributed by atoms with Crippen molar-refractivity contribution in [2.45, 2.75) is 76.7 Å². The predicted octanol–water partition coefficient (Wildman–Crippen LogP) is 3.24. The van der Waals surface area contributed by atoms with E-state index in [0.29, 0.717) is 58.8 Å². The van der Waals surface area contributed by atoms with Crippen LogP contribution in [-0.2, 0) is 76.5 Å². The molecule has 15 nitrogen and oxygen atoms in total. The van der Waals surface area contributed by atoms with Crippen molar-refractivity contribution in [2.75, 3.05) is 86.8 Å². The molecule has 57 heavy (non-hydrogen) atoms. The van der Waals surface area contributed by atoms with E-state index in [1.165, 1.54) is 11.1 Å². The van der Waals surface area contributed by atoms with Crippen molar-refractivity contribution in [3.05, 3.63) is 71.3 Å². The molecule has 0 bridgehead atoms. The van der Waals surface area contributed by atoms with E-state index in [-0.39, 0.29) is 70.4 Å². The Balaban J connectivity index is 1.68. The molecule has 0 fully saturated rings. The second kappa shape index (κ2) is 32.8. The van der Waals surface area contributed by atoms with Crippen molar-refractivity contribution in [3.63, 3.8) is 0 Å². The van der Waals surface area contributed by atoms with E-state index in [1.807, 2.05) is 30.3 Å². The lowest BCUT2D eigenvalue weighted by atomic mass is 10.0. The van der Waals surface area contributed by atoms with Crippen molar-refractivity contribution >= 4 is 29.5 Å². The number of ketones is 1. The number of hydroxylamine groups is 1. The van der Waals surface area contributed by atoms with Gasteiger partial charge in [0.15, 0.2) is 5.78 Å². The Labute approximate surface area is 337 Å². The first-order valence-corrected chi connectivity index (χ1v) is 19.8. The van der Waals surface area contributed by atoms with Gasteiger partial charge in [0.05, 0.1) is 65.3 Å². The maximum Gasteiger partial charge on any atom is 0.332 e. The minimum Gasteiger partial charge on any atom is -0.382 e. The minimum atomic E-state index is -0.812. The summed E-state index contributed by atoms with van der Waals surface area (Å²) in [5.41, 5.74) is 5.52. The number of Topliss-reactive ketones (excluding diaryl/α,β-unsaturated/α-hetero) is 1. The van der Waals surface area contributed by atoms with Gasteiger partial charge in [-0.25, -0.2) is 4.79 Å². The molecule has 2 rings (SSSR count). The Morgan fingerprint density at radius 3 is 1.75 bits per heavy atom. The number of amides is 3. The van der Waals surface area contributed by atoms with E-state index >= 15 is 0 Å². The minimum absolute atomic E-state index is 0.00402. The molecule has 1 atom stereocenters. The van der Waals surface area contributed by atoms with E-state index in [9.17, 15) is 24.0 Å². The number of unbranched alkanes of at least 4 members (excludes halogenated alkanes) is 2. The smallest absolute Gasteiger partial charge is 0.332 e. The van der Waals surface area contributed by atoms with Crippen molar-refractivity contribution in [1.82, 2.24) is 16.1 Å². The van der Waals surface area contributed by atoms with Crippen LogP contribution in [0.5, 0.6) is 0 Å². The molecule has 3 amide bonds. The zero-order valence-electron chi connectivity index (χ0n) is 33.7. The Kier molecular flexibility index (Phi) is 28.1. The van der Waals surface area contributed by atoms with Gasteiger partial charge in [-0.2, -0.15) is 5.48 Å². The molecule has 0 aliphatic carbocycles. The molecule has 0 saturated heterocycles. The Bertz CT molecular complexity index is 1390. The summed E-state index contributed by atoms with van der Waals surface area (Å²) in [5, 5.41) is 5.50. The van der Waals surface area contributed by atoms with Crippen LogP contribution in [0.2, 0.25) is 0 Å². The van der Waals surface area contributed by atoms with E-state index in [1.54, 1.807) is 14.2 Å². The standard InChI is InChI=1S/C42H63N3O12/c1-51-23-25-53-27-29-55-32-40(48)43-22-9-8-15-37(44-41(49)33-56-30-28-54-26-24-52-2)38(46)16-10-17-42(50)57-45-39(47)31-36-20-18-35(19-21-36)14-7-6-13-34-11-4-3-5-12-34/h3-5,11-12,18-21,37H,6-10,13-17,22-33H2,1-2H3,(H,43,48)(H,44,49)(H,45,47)/t37-/m0/s1. The van der Waals surface area contributed by atoms with Crippen molar-refractivity contribution in [3.8, 4) is 0 Å². The number of aryl methyl sites for hydroxylation is 2. The predicted molar refractivity (Wildman–Crippen MR) is 212 cm³/mol. The summed E-state index contributed by atoms with van der Waals surface area (Å²) >= 11 is 0. The van der Waals surface area contributed by atoms with E-state index in [0.717, 1.165) is 31.2 Å². The lowest BCUT2D eigenvalue weighted by molar-refractivity contribution is -0.158. The third-order valence-corrected chi connectivity index (χ3v) is 8.53. The number of nitrogens with one attached hydrogen (secondary N) is 3. The molecular formula is C42H63N3O12. The van der Waals surface area contributed by atoms with Gasteiger partial charge in [0.1, 0.15) is 13.2 Å². The Morgan fingerprint density at radius 1 is 0.561 bits per heavy atom. The highest BCUT2D eigenvalue weighted by Crippen LogP contribution is 2.12. The van der Waals surface area contributed by atoms with Crippen LogP contribution in [-0.4, -0.2) is 122 Å². The molecule has 15 heteroatoms. The van der Waals surface area contributed by atoms with Crippen LogP contribution in [0.4, 0.5) is 0 Å². The number of carbonyl (C=O) groups is 5. The molecule has 0 unspecified atom stereocenters. The van der Waals surface area contributed by atoms with Crippen molar-refractivity contribution < 1.29 is 57.2 Å². The highest BCUT2D eigenvalue weighted by molar-refractivity contribution is 5.89. The van der Waals surface area contributed by atoms with Gasteiger partial charge in [-0.05, 0) is 68.1 Å². The van der Waals surface area contributed by atoms with Gasteiger partial charge < -0.3 is 43.9 Å². The zero-order valence-corrected chi connectivity index (χ0v) is 33.7. The first-order valence-electron chi connectivity index (χ1n) is 19.8. The lowest BCUT2D eigenvalue weighted by Crippen LogP contribution is -2.42. The third kappa shape index (κ3) is 26.3. The summed E-state index contributed by atoms with van der Waals surface area (Å²) in [7, 11) is 3.16. The summed E-state index contributed by atoms with van der Waals surface area (Å²) < 4.78 is 31.1. The van der Waals surface area contributed by atoms with E-state index in [2.05, 4.69) is 40.4 Å². The fourth-order valence-electron chi connectivity index (χ4n) is 5.45. The summed E-state index contributed by atoms with van der Waals surface area (Å²) in [4.78, 5) is 67.5. The maximum absolute atomic E-state index is 13.2. The molecule has 0 heterocycles. The summed E-state index contributed by atoms with van der Waals surface area (Å²) in [6, 6.07) is 17.4. The van der Waals surface area contributed by atoms with Gasteiger partial charge in [-0.1, -0.05) is 54.6 Å². The molecule has 0 aliphatic rings. The topological polar surface area (TPSA) is 186 Å². The van der Waals surface area contributed by atoms with Crippen LogP contribution in [0.1, 0.15) is 68.1 Å². The van der Waals surface area contributed by atoms with Gasteiger partial charge >= 0.3 is 5.97 Å². The van der Waals surface area contributed by atoms with Gasteiger partial charge in [0.2, 0.25) is 11.8 Å². The zero-order chi connectivity index (χ0) is 41.2. The molecule has 0 radical (unpaired) electrons. The van der Waals surface area contributed by atoms with Crippen LogP contribution in [0.3, 0.4) is 0 Å². The first kappa shape index (κ1) is 48.9. The SMILES string of the molecule is COCCOCCOCC(=O)NCCCC[C@H](NC(=O)COCCOCCOC)C(=O)CCCC(=O)ONC(=O)Cc1ccc(CCCCc2ccccc2)cc1. The first-order chi connectivity index (χ1) is 27.8. The molecule has 0 saturated carbocycles. The fraction of sp³-hybridized carbons (Fsp3) is 0.595. The fourth-order valence-corrected chi connectivity index (χ4v) is 5.45. The average molecular weight is 802 g/mol. The third-order valence-electron chi connectivity index (χ3n) is 8.53. The van der Waals surface area contributed by atoms with Crippen LogP contribution >= 0.6 is 0 Å². The summed E-state index contributed by atoms with van der Waals surface area (Å²) in [6.45, 7) is 2.93. The maximum atomic E-state index is 13.2. The molecule has 318 valence electrons. The van der Waals surface area contributed by atoms with E-state index in [4.69, 9.17) is 33.3 Å². The lowest BCUT2D eigenvalue weighted by Gasteiger charge is -2.18. The number of hydrogen-bond donors (Lipinski definition) is 3. The van der Waals surface area contributed by atoms with Crippen LogP contribution in [0.15, 0.2) is 54.6 Å². The van der Waals surface area contributed by atoms with Gasteiger partial charge in [-0.3, -0.25) is 19.2 Å². The van der Waals surface area contributed by atoms with Gasteiger partial charge in [-0.15, -0.1) is 0 Å². The quantitative estimate of drug-likeness (QED) is 0.0695. The summed E-state index contributed by atoms with van der Waals surface area (Å²) in [6.07, 6.45) is 5.70. The molecular weight excluding hydrogens is 738 g/mol. The van der Waals surface area contributed by atoms with Crippen molar-refractivity contribution in [2.24, 2.45) is 0 Å². The second-order valence-electron chi connectivity index (χ2n) is 13.3. The number of rotatable bonds is 34. The highest BCUT2D eigenvalue weighted by Gasteiger charge is 2.21. The number of ether oxygens (including phenoxy) is 6. The average Bonchev–Trinajstić information content (AvgIpc) is 3.21. The summed E-state index contributed by atoms with van der Waals surface area (Å²) in [5.74, 6) is -2.13. The van der Waals surface area contributed by atoms with E-state index < -0.39 is 23.8 Å². The van der Waals surface area contributed by atoms with Gasteiger partial charge in [0.25, 0.3) is 5.91 Å². The second-order valence-corrected chi connectivity index (χ2v) is 13.3. The van der Waals surface area contributed by atoms with Crippen LogP contribution in [0, 0.1) is 0 Å². The molecule has 2 aromatic rings. The highest BCUT2D eigenvalue weighted by atomic mass is 16.7. The molecule has 2 aromatic carbocycles. The molecule has 0 aliphatic heterocycles. The number of benzene rings is 2. The molecule has 0 aromatic heterocycles. The monoisotopic (exact) mass is 801 g/mol. The van der Waals surface area contributed by atoms with Crippen molar-refractivity contribution in [1.29, 1.82) is 0 Å². The largest absolute Gasteiger partial charge is 0.382 e. The van der Waals surface area contributed by atoms with Gasteiger partial charge in [0, 0.05) is 33.6 Å². The number of hydrogen-bond acceptors (Lipinski definition) is 12. The number of carbonyl (C=O) groups excluding carboxylic acids is 5. The number of methoxy groups -OCH3 is 2. The Morgan fingerprint density at radius 2 is 1.12 bits per heavy atom.